The van der Waals surface area contributed by atoms with Crippen LogP contribution in [0.2, 0.25) is 0 Å². The van der Waals surface area contributed by atoms with Crippen LogP contribution in [0.15, 0.2) is 12.1 Å². The molecule has 0 aliphatic carbocycles. The van der Waals surface area contributed by atoms with Gasteiger partial charge in [-0.25, -0.2) is 4.98 Å². The Morgan fingerprint density at radius 1 is 1.25 bits per heavy atom. The summed E-state index contributed by atoms with van der Waals surface area (Å²) >= 11 is 0. The fourth-order valence-corrected chi connectivity index (χ4v) is 1.01. The van der Waals surface area contributed by atoms with Crippen molar-refractivity contribution in [2.45, 2.75) is 33.7 Å². The molecule has 1 N–H and O–H groups in total. The zero-order valence-corrected chi connectivity index (χ0v) is 8.18. The number of nitrogens with one attached hydrogen (secondary N) is 1. The topological polar surface area (TPSA) is 24.9 Å². The van der Waals surface area contributed by atoms with E-state index in [2.05, 4.69) is 37.1 Å². The zero-order chi connectivity index (χ0) is 9.14. The highest BCUT2D eigenvalue weighted by Crippen LogP contribution is 2.09. The zero-order valence-electron chi connectivity index (χ0n) is 8.18. The third kappa shape index (κ3) is 2.22. The van der Waals surface area contributed by atoms with Crippen molar-refractivity contribution in [3.05, 3.63) is 23.4 Å². The van der Waals surface area contributed by atoms with Crippen LogP contribution in [0, 0.1) is 13.8 Å². The molecule has 0 amide bonds. The Morgan fingerprint density at radius 3 is 2.42 bits per heavy atom. The molecule has 66 valence electrons. The molecule has 0 aromatic carbocycles. The van der Waals surface area contributed by atoms with Crippen molar-refractivity contribution in [1.29, 1.82) is 0 Å². The van der Waals surface area contributed by atoms with Gasteiger partial charge in [0.2, 0.25) is 0 Å². The molecule has 0 unspecified atom stereocenters. The van der Waals surface area contributed by atoms with Crippen LogP contribution in [-0.2, 0) is 0 Å². The summed E-state index contributed by atoms with van der Waals surface area (Å²) in [7, 11) is 0. The first kappa shape index (κ1) is 9.04. The van der Waals surface area contributed by atoms with Crippen molar-refractivity contribution >= 4 is 5.82 Å². The first-order valence-electron chi connectivity index (χ1n) is 4.30. The second-order valence-electron chi connectivity index (χ2n) is 3.40. The van der Waals surface area contributed by atoms with Crippen LogP contribution in [0.25, 0.3) is 0 Å². The van der Waals surface area contributed by atoms with E-state index < -0.39 is 0 Å². The van der Waals surface area contributed by atoms with Gasteiger partial charge in [-0.15, -0.1) is 0 Å². The van der Waals surface area contributed by atoms with Gasteiger partial charge in [0, 0.05) is 11.7 Å². The van der Waals surface area contributed by atoms with Crippen LogP contribution >= 0.6 is 0 Å². The predicted molar refractivity (Wildman–Crippen MR) is 52.5 cm³/mol. The van der Waals surface area contributed by atoms with Crippen LogP contribution < -0.4 is 5.32 Å². The first-order valence-corrected chi connectivity index (χ1v) is 4.30. The molecule has 2 heteroatoms. The lowest BCUT2D eigenvalue weighted by Gasteiger charge is -2.09. The van der Waals surface area contributed by atoms with E-state index in [4.69, 9.17) is 0 Å². The molecule has 1 heterocycles. The van der Waals surface area contributed by atoms with Gasteiger partial charge in [-0.2, -0.15) is 0 Å². The lowest BCUT2D eigenvalue weighted by molar-refractivity contribution is 0.885. The molecule has 12 heavy (non-hydrogen) atoms. The number of rotatable bonds is 2. The monoisotopic (exact) mass is 164 g/mol. The molecule has 0 fully saturated rings. The summed E-state index contributed by atoms with van der Waals surface area (Å²) in [6.07, 6.45) is 0. The summed E-state index contributed by atoms with van der Waals surface area (Å²) in [6.45, 7) is 8.32. The fourth-order valence-electron chi connectivity index (χ4n) is 1.01. The number of hydrogen-bond donors (Lipinski definition) is 1. The van der Waals surface area contributed by atoms with Gasteiger partial charge in [0.1, 0.15) is 5.82 Å². The van der Waals surface area contributed by atoms with Gasteiger partial charge in [0.25, 0.3) is 0 Å². The summed E-state index contributed by atoms with van der Waals surface area (Å²) in [5, 5.41) is 3.26. The highest BCUT2D eigenvalue weighted by Gasteiger charge is 1.98. The van der Waals surface area contributed by atoms with E-state index in [1.165, 1.54) is 5.56 Å². The van der Waals surface area contributed by atoms with Crippen molar-refractivity contribution in [2.24, 2.45) is 0 Å². The van der Waals surface area contributed by atoms with Gasteiger partial charge in [-0.1, -0.05) is 6.07 Å². The van der Waals surface area contributed by atoms with Crippen molar-refractivity contribution < 1.29 is 0 Å². The van der Waals surface area contributed by atoms with Gasteiger partial charge in [-0.3, -0.25) is 0 Å². The Bertz CT molecular complexity index is 267. The maximum Gasteiger partial charge on any atom is 0.126 e. The second kappa shape index (κ2) is 3.57. The standard InChI is InChI=1S/C10H16N2/c1-7(2)11-10-6-5-8(3)9(4)12-10/h5-7H,1-4H3,(H,11,12). The van der Waals surface area contributed by atoms with Gasteiger partial charge in [0.05, 0.1) is 0 Å². The Labute approximate surface area is 74.0 Å². The van der Waals surface area contributed by atoms with Gasteiger partial charge in [-0.05, 0) is 39.3 Å². The number of aromatic nitrogens is 1. The van der Waals surface area contributed by atoms with E-state index in [0.717, 1.165) is 11.5 Å². The van der Waals surface area contributed by atoms with Crippen molar-refractivity contribution in [3.8, 4) is 0 Å². The minimum Gasteiger partial charge on any atom is -0.368 e. The van der Waals surface area contributed by atoms with E-state index in [0.29, 0.717) is 6.04 Å². The molecular weight excluding hydrogens is 148 g/mol. The molecular formula is C10H16N2. The molecule has 0 bridgehead atoms. The van der Waals surface area contributed by atoms with Crippen LogP contribution in [0.5, 0.6) is 0 Å². The highest BCUT2D eigenvalue weighted by molar-refractivity contribution is 5.38. The Balaban J connectivity index is 2.82. The Hall–Kier alpha value is -1.05. The lowest BCUT2D eigenvalue weighted by atomic mass is 10.2. The molecule has 0 radical (unpaired) electrons. The lowest BCUT2D eigenvalue weighted by Crippen LogP contribution is -2.11. The summed E-state index contributed by atoms with van der Waals surface area (Å²) in [5.74, 6) is 0.966. The molecule has 1 rings (SSSR count). The fraction of sp³-hybridized carbons (Fsp3) is 0.500. The molecule has 2 nitrogen and oxygen atoms in total. The molecule has 0 aliphatic rings. The number of nitrogens with zero attached hydrogens (tertiary/aromatic N) is 1. The Morgan fingerprint density at radius 2 is 1.92 bits per heavy atom. The summed E-state index contributed by atoms with van der Waals surface area (Å²) in [4.78, 5) is 4.40. The maximum absolute atomic E-state index is 4.40. The van der Waals surface area contributed by atoms with Crippen LogP contribution in [0.3, 0.4) is 0 Å². The summed E-state index contributed by atoms with van der Waals surface area (Å²) in [6, 6.07) is 4.55. The third-order valence-electron chi connectivity index (χ3n) is 1.79. The largest absolute Gasteiger partial charge is 0.368 e. The summed E-state index contributed by atoms with van der Waals surface area (Å²) < 4.78 is 0. The van der Waals surface area contributed by atoms with Crippen molar-refractivity contribution in [3.63, 3.8) is 0 Å². The van der Waals surface area contributed by atoms with E-state index >= 15 is 0 Å². The van der Waals surface area contributed by atoms with E-state index in [9.17, 15) is 0 Å². The minimum absolute atomic E-state index is 0.444. The van der Waals surface area contributed by atoms with Crippen LogP contribution in [0.4, 0.5) is 5.82 Å². The first-order chi connectivity index (χ1) is 5.59. The number of hydrogen-bond acceptors (Lipinski definition) is 2. The molecule has 0 spiro atoms. The van der Waals surface area contributed by atoms with E-state index in [1.54, 1.807) is 0 Å². The highest BCUT2D eigenvalue weighted by atomic mass is 15.0. The van der Waals surface area contributed by atoms with Gasteiger partial charge >= 0.3 is 0 Å². The van der Waals surface area contributed by atoms with Gasteiger partial charge in [0.15, 0.2) is 0 Å². The minimum atomic E-state index is 0.444. The molecule has 0 saturated heterocycles. The number of aryl methyl sites for hydroxylation is 2. The summed E-state index contributed by atoms with van der Waals surface area (Å²) in [5.41, 5.74) is 2.34. The van der Waals surface area contributed by atoms with Crippen LogP contribution in [0.1, 0.15) is 25.1 Å². The molecule has 0 atom stereocenters. The van der Waals surface area contributed by atoms with Crippen LogP contribution in [-0.4, -0.2) is 11.0 Å². The van der Waals surface area contributed by atoms with Crippen molar-refractivity contribution in [1.82, 2.24) is 4.98 Å². The SMILES string of the molecule is Cc1ccc(NC(C)C)nc1C. The molecule has 1 aromatic heterocycles. The third-order valence-corrected chi connectivity index (χ3v) is 1.79. The quantitative estimate of drug-likeness (QED) is 0.726. The molecule has 1 aromatic rings. The smallest absolute Gasteiger partial charge is 0.126 e. The number of pyridine rings is 1. The second-order valence-corrected chi connectivity index (χ2v) is 3.40. The predicted octanol–water partition coefficient (Wildman–Crippen LogP) is 2.52. The van der Waals surface area contributed by atoms with E-state index in [-0.39, 0.29) is 0 Å². The normalized spacial score (nSPS) is 10.4. The number of anilines is 1. The maximum atomic E-state index is 4.40. The van der Waals surface area contributed by atoms with Crippen molar-refractivity contribution in [2.75, 3.05) is 5.32 Å². The van der Waals surface area contributed by atoms with E-state index in [1.807, 2.05) is 13.0 Å². The Kier molecular flexibility index (Phi) is 2.69. The molecule has 0 aliphatic heterocycles. The average molecular weight is 164 g/mol. The molecule has 0 saturated carbocycles. The average Bonchev–Trinajstić information content (AvgIpc) is 1.96. The van der Waals surface area contributed by atoms with Gasteiger partial charge < -0.3 is 5.32 Å².